The van der Waals surface area contributed by atoms with Crippen LogP contribution in [0.4, 0.5) is 0 Å². The van der Waals surface area contributed by atoms with E-state index in [1.165, 1.54) is 0 Å². The van der Waals surface area contributed by atoms with E-state index in [4.69, 9.17) is 5.11 Å². The average molecular weight is 361 g/mol. The minimum Gasteiger partial charge on any atom is -0.481 e. The van der Waals surface area contributed by atoms with Gasteiger partial charge < -0.3 is 15.4 Å². The first-order valence-corrected chi connectivity index (χ1v) is 8.68. The summed E-state index contributed by atoms with van der Waals surface area (Å²) >= 11 is 0. The van der Waals surface area contributed by atoms with Gasteiger partial charge in [0, 0.05) is 13.0 Å². The largest absolute Gasteiger partial charge is 0.481 e. The smallest absolute Gasteiger partial charge is 0.329 e. The van der Waals surface area contributed by atoms with Crippen LogP contribution in [0.3, 0.4) is 0 Å². The van der Waals surface area contributed by atoms with Crippen molar-refractivity contribution in [2.45, 2.75) is 45.1 Å². The van der Waals surface area contributed by atoms with E-state index in [0.717, 1.165) is 11.0 Å². The van der Waals surface area contributed by atoms with Gasteiger partial charge in [-0.3, -0.25) is 14.4 Å². The summed E-state index contributed by atoms with van der Waals surface area (Å²) in [5.41, 5.74) is -0.712. The van der Waals surface area contributed by atoms with E-state index in [0.29, 0.717) is 23.7 Å². The zero-order valence-corrected chi connectivity index (χ0v) is 14.7. The Morgan fingerprint density at radius 3 is 2.65 bits per heavy atom. The quantitative estimate of drug-likeness (QED) is 0.583. The van der Waals surface area contributed by atoms with Gasteiger partial charge in [-0.05, 0) is 25.0 Å². The standard InChI is InChI=1S/C18H23N3O5/c1-2-3-9-14(16(24)19-11-6-10-15(22)23)21-17(25)12-7-4-5-8-13(12)20-18(21)26/h4-5,7-8,14H,2-3,6,9-11H2,1H3,(H,19,24)(H,20,26)(H,22,23). The molecular weight excluding hydrogens is 338 g/mol. The number of carboxylic acid groups (broad SMARTS) is 1. The molecule has 0 bridgehead atoms. The second-order valence-electron chi connectivity index (χ2n) is 6.10. The molecule has 8 nitrogen and oxygen atoms in total. The highest BCUT2D eigenvalue weighted by Crippen LogP contribution is 2.13. The number of hydrogen-bond donors (Lipinski definition) is 3. The number of aromatic nitrogens is 2. The van der Waals surface area contributed by atoms with Gasteiger partial charge in [0.15, 0.2) is 0 Å². The molecule has 0 aliphatic heterocycles. The second kappa shape index (κ2) is 8.98. The molecule has 26 heavy (non-hydrogen) atoms. The van der Waals surface area contributed by atoms with Crippen LogP contribution in [-0.4, -0.2) is 33.1 Å². The number of rotatable bonds is 9. The molecule has 0 aliphatic carbocycles. The monoisotopic (exact) mass is 361 g/mol. The van der Waals surface area contributed by atoms with Crippen LogP contribution in [0.2, 0.25) is 0 Å². The van der Waals surface area contributed by atoms with E-state index in [-0.39, 0.29) is 19.4 Å². The number of benzene rings is 1. The molecular formula is C18H23N3O5. The van der Waals surface area contributed by atoms with Crippen molar-refractivity contribution in [3.05, 3.63) is 45.1 Å². The fraction of sp³-hybridized carbons (Fsp3) is 0.444. The van der Waals surface area contributed by atoms with Crippen LogP contribution in [0.25, 0.3) is 10.9 Å². The third kappa shape index (κ3) is 4.59. The number of hydrogen-bond acceptors (Lipinski definition) is 4. The first-order chi connectivity index (χ1) is 12.5. The Labute approximate surface area is 149 Å². The number of aromatic amines is 1. The maximum atomic E-state index is 12.8. The van der Waals surface area contributed by atoms with Crippen LogP contribution >= 0.6 is 0 Å². The van der Waals surface area contributed by atoms with Gasteiger partial charge in [0.1, 0.15) is 6.04 Å². The maximum Gasteiger partial charge on any atom is 0.329 e. The third-order valence-electron chi connectivity index (χ3n) is 4.15. The third-order valence-corrected chi connectivity index (χ3v) is 4.15. The minimum absolute atomic E-state index is 0.0591. The highest BCUT2D eigenvalue weighted by Gasteiger charge is 2.24. The molecule has 0 saturated carbocycles. The van der Waals surface area contributed by atoms with Crippen molar-refractivity contribution >= 4 is 22.8 Å². The molecule has 0 fully saturated rings. The zero-order chi connectivity index (χ0) is 19.1. The van der Waals surface area contributed by atoms with Crippen LogP contribution in [0.15, 0.2) is 33.9 Å². The first-order valence-electron chi connectivity index (χ1n) is 8.68. The van der Waals surface area contributed by atoms with E-state index in [1.807, 2.05) is 6.92 Å². The number of carbonyl (C=O) groups is 2. The van der Waals surface area contributed by atoms with Crippen molar-refractivity contribution in [3.8, 4) is 0 Å². The second-order valence-corrected chi connectivity index (χ2v) is 6.10. The van der Waals surface area contributed by atoms with Gasteiger partial charge in [-0.1, -0.05) is 31.9 Å². The summed E-state index contributed by atoms with van der Waals surface area (Å²) in [6, 6.07) is 5.72. The van der Waals surface area contributed by atoms with Crippen LogP contribution in [0.1, 0.15) is 45.1 Å². The number of H-pyrrole nitrogens is 1. The topological polar surface area (TPSA) is 121 Å². The van der Waals surface area contributed by atoms with E-state index in [9.17, 15) is 19.2 Å². The lowest BCUT2D eigenvalue weighted by molar-refractivity contribution is -0.137. The number of amides is 1. The molecule has 140 valence electrons. The minimum atomic E-state index is -0.941. The number of nitrogens with zero attached hydrogens (tertiary/aromatic N) is 1. The Bertz CT molecular complexity index is 900. The van der Waals surface area contributed by atoms with E-state index >= 15 is 0 Å². The van der Waals surface area contributed by atoms with Crippen molar-refractivity contribution in [3.63, 3.8) is 0 Å². The van der Waals surface area contributed by atoms with Crippen molar-refractivity contribution in [2.75, 3.05) is 6.54 Å². The molecule has 1 aromatic carbocycles. The van der Waals surface area contributed by atoms with Crippen molar-refractivity contribution in [2.24, 2.45) is 0 Å². The summed E-state index contributed by atoms with van der Waals surface area (Å²) in [6.45, 7) is 2.13. The molecule has 1 amide bonds. The van der Waals surface area contributed by atoms with Gasteiger partial charge in [-0.25, -0.2) is 9.36 Å². The summed E-state index contributed by atoms with van der Waals surface area (Å²) in [7, 11) is 0. The predicted molar refractivity (Wildman–Crippen MR) is 97.3 cm³/mol. The van der Waals surface area contributed by atoms with Gasteiger partial charge in [-0.15, -0.1) is 0 Å². The lowest BCUT2D eigenvalue weighted by Gasteiger charge is -2.18. The highest BCUT2D eigenvalue weighted by atomic mass is 16.4. The molecule has 8 heteroatoms. The van der Waals surface area contributed by atoms with Crippen LogP contribution in [0, 0.1) is 0 Å². The number of carbonyl (C=O) groups excluding carboxylic acids is 1. The summed E-state index contributed by atoms with van der Waals surface area (Å²) in [6.07, 6.45) is 2.05. The van der Waals surface area contributed by atoms with E-state index < -0.39 is 29.2 Å². The maximum absolute atomic E-state index is 12.8. The molecule has 2 rings (SSSR count). The van der Waals surface area contributed by atoms with Gasteiger partial charge in [0.05, 0.1) is 10.9 Å². The zero-order valence-electron chi connectivity index (χ0n) is 14.7. The molecule has 0 aliphatic rings. The SMILES string of the molecule is CCCCC(C(=O)NCCCC(=O)O)n1c(=O)[nH]c2ccccc2c1=O. The first kappa shape index (κ1) is 19.4. The Morgan fingerprint density at radius 1 is 1.23 bits per heavy atom. The number of aliphatic carboxylic acids is 1. The molecule has 3 N–H and O–H groups in total. The lowest BCUT2D eigenvalue weighted by Crippen LogP contribution is -2.44. The molecule has 0 saturated heterocycles. The van der Waals surface area contributed by atoms with Crippen LogP contribution in [0.5, 0.6) is 0 Å². The Kier molecular flexibility index (Phi) is 6.71. The highest BCUT2D eigenvalue weighted by molar-refractivity contribution is 5.81. The van der Waals surface area contributed by atoms with Gasteiger partial charge in [0.2, 0.25) is 5.91 Å². The van der Waals surface area contributed by atoms with Crippen molar-refractivity contribution < 1.29 is 14.7 Å². The van der Waals surface area contributed by atoms with E-state index in [1.54, 1.807) is 24.3 Å². The predicted octanol–water partition coefficient (Wildman–Crippen LogP) is 1.40. The Morgan fingerprint density at radius 2 is 1.96 bits per heavy atom. The van der Waals surface area contributed by atoms with Gasteiger partial charge >= 0.3 is 11.7 Å². The molecule has 0 radical (unpaired) electrons. The summed E-state index contributed by atoms with van der Waals surface area (Å²) < 4.78 is 0.963. The molecule has 1 atom stereocenters. The number of nitrogens with one attached hydrogen (secondary N) is 2. The molecule has 1 heterocycles. The van der Waals surface area contributed by atoms with Crippen molar-refractivity contribution in [1.82, 2.24) is 14.9 Å². The summed E-state index contributed by atoms with van der Waals surface area (Å²) in [4.78, 5) is 51.0. The fourth-order valence-electron chi connectivity index (χ4n) is 2.80. The molecule has 1 unspecified atom stereocenters. The van der Waals surface area contributed by atoms with Crippen LogP contribution < -0.4 is 16.6 Å². The molecule has 1 aromatic heterocycles. The number of para-hydroxylation sites is 1. The molecule has 2 aromatic rings. The van der Waals surface area contributed by atoms with E-state index in [2.05, 4.69) is 10.3 Å². The Balaban J connectivity index is 2.33. The normalized spacial score (nSPS) is 12.0. The average Bonchev–Trinajstić information content (AvgIpc) is 2.61. The van der Waals surface area contributed by atoms with Crippen molar-refractivity contribution in [1.29, 1.82) is 0 Å². The number of carboxylic acids is 1. The van der Waals surface area contributed by atoms with Gasteiger partial charge in [0.25, 0.3) is 5.56 Å². The molecule has 0 spiro atoms. The fourth-order valence-corrected chi connectivity index (χ4v) is 2.80. The number of unbranched alkanes of at least 4 members (excludes halogenated alkanes) is 1. The lowest BCUT2D eigenvalue weighted by atomic mass is 10.1. The van der Waals surface area contributed by atoms with Gasteiger partial charge in [-0.2, -0.15) is 0 Å². The van der Waals surface area contributed by atoms with Crippen LogP contribution in [-0.2, 0) is 9.59 Å². The Hall–Kier alpha value is -2.90. The summed E-state index contributed by atoms with van der Waals surface area (Å²) in [5.74, 6) is -1.39. The summed E-state index contributed by atoms with van der Waals surface area (Å²) in [5, 5.41) is 11.6. The number of fused-ring (bicyclic) bond motifs is 1.